The number of aryl methyl sites for hydroxylation is 2. The Bertz CT molecular complexity index is 1040. The summed E-state index contributed by atoms with van der Waals surface area (Å²) in [6.07, 6.45) is 4.62. The van der Waals surface area contributed by atoms with Crippen LogP contribution in [0.4, 0.5) is 0 Å². The van der Waals surface area contributed by atoms with Gasteiger partial charge in [-0.25, -0.2) is 4.98 Å². The lowest BCUT2D eigenvalue weighted by Crippen LogP contribution is -2.22. The fourth-order valence-electron chi connectivity index (χ4n) is 3.31. The van der Waals surface area contributed by atoms with Crippen molar-refractivity contribution in [3.63, 3.8) is 0 Å². The summed E-state index contributed by atoms with van der Waals surface area (Å²) < 4.78 is 13.4. The van der Waals surface area contributed by atoms with Crippen LogP contribution >= 0.6 is 0 Å². The van der Waals surface area contributed by atoms with E-state index in [0.29, 0.717) is 29.4 Å². The van der Waals surface area contributed by atoms with Gasteiger partial charge in [0.15, 0.2) is 5.65 Å². The van der Waals surface area contributed by atoms with E-state index in [4.69, 9.17) is 9.47 Å². The van der Waals surface area contributed by atoms with Gasteiger partial charge in [0.2, 0.25) is 6.29 Å². The summed E-state index contributed by atoms with van der Waals surface area (Å²) in [5.41, 5.74) is 4.69. The molecule has 2 aromatic heterocycles. The molecule has 28 heavy (non-hydrogen) atoms. The van der Waals surface area contributed by atoms with Gasteiger partial charge in [-0.1, -0.05) is 6.92 Å². The Hall–Kier alpha value is -2.90. The summed E-state index contributed by atoms with van der Waals surface area (Å²) in [6.45, 7) is 8.19. The Morgan fingerprint density at radius 2 is 2.11 bits per heavy atom. The minimum Gasteiger partial charge on any atom is -0.492 e. The highest BCUT2D eigenvalue weighted by Gasteiger charge is 2.24. The Morgan fingerprint density at radius 3 is 2.93 bits per heavy atom. The average Bonchev–Trinajstić information content (AvgIpc) is 3.08. The normalized spacial score (nSPS) is 15.9. The molecular weight excluding hydrogens is 356 g/mol. The van der Waals surface area contributed by atoms with Crippen LogP contribution in [0.25, 0.3) is 17.3 Å². The molecule has 3 heterocycles. The summed E-state index contributed by atoms with van der Waals surface area (Å²) >= 11 is 0. The van der Waals surface area contributed by atoms with E-state index in [1.807, 2.05) is 48.9 Å². The lowest BCUT2D eigenvalue weighted by Gasteiger charge is -2.23. The van der Waals surface area contributed by atoms with Crippen LogP contribution in [0.5, 0.6) is 11.5 Å². The predicted molar refractivity (Wildman–Crippen MR) is 107 cm³/mol. The summed E-state index contributed by atoms with van der Waals surface area (Å²) in [6, 6.07) is 5.64. The van der Waals surface area contributed by atoms with Gasteiger partial charge in [-0.05, 0) is 38.6 Å². The van der Waals surface area contributed by atoms with Gasteiger partial charge >= 0.3 is 0 Å². The van der Waals surface area contributed by atoms with Gasteiger partial charge in [-0.2, -0.15) is 0 Å². The molecular formula is C21H24N4O3. The van der Waals surface area contributed by atoms with E-state index in [2.05, 4.69) is 22.2 Å². The van der Waals surface area contributed by atoms with E-state index in [0.717, 1.165) is 35.7 Å². The molecule has 1 unspecified atom stereocenters. The number of hydrogen-bond donors (Lipinski definition) is 2. The zero-order valence-electron chi connectivity index (χ0n) is 16.3. The highest BCUT2D eigenvalue weighted by Crippen LogP contribution is 2.35. The molecule has 1 aliphatic heterocycles. The van der Waals surface area contributed by atoms with Crippen LogP contribution in [0.1, 0.15) is 29.6 Å². The third-order valence-electron chi connectivity index (χ3n) is 4.62. The second-order valence-electron chi connectivity index (χ2n) is 6.80. The molecule has 0 saturated carbocycles. The molecule has 0 bridgehead atoms. The monoisotopic (exact) mass is 380 g/mol. The van der Waals surface area contributed by atoms with E-state index in [-0.39, 0.29) is 0 Å². The number of aromatic nitrogens is 3. The first kappa shape index (κ1) is 18.5. The maximum Gasteiger partial charge on any atom is 0.226 e. The molecule has 0 saturated heterocycles. The third kappa shape index (κ3) is 3.58. The topological polar surface area (TPSA) is 80.9 Å². The van der Waals surface area contributed by atoms with Crippen LogP contribution in [-0.4, -0.2) is 45.5 Å². The van der Waals surface area contributed by atoms with Crippen molar-refractivity contribution >= 4 is 17.3 Å². The number of imidazole rings is 1. The molecule has 1 aromatic carbocycles. The zero-order chi connectivity index (χ0) is 19.7. The number of nitrogens with zero attached hydrogens (tertiary/aromatic N) is 3. The van der Waals surface area contributed by atoms with E-state index in [1.165, 1.54) is 0 Å². The number of nitrogens with one attached hydrogen (secondary N) is 1. The van der Waals surface area contributed by atoms with Crippen LogP contribution in [0, 0.1) is 13.8 Å². The second kappa shape index (κ2) is 7.61. The van der Waals surface area contributed by atoms with Crippen LogP contribution in [-0.2, 0) is 0 Å². The second-order valence-corrected chi connectivity index (χ2v) is 6.80. The first-order valence-corrected chi connectivity index (χ1v) is 9.42. The maximum absolute atomic E-state index is 10.5. The van der Waals surface area contributed by atoms with Crippen molar-refractivity contribution in [3.8, 4) is 11.5 Å². The molecule has 2 N–H and O–H groups in total. The molecule has 7 heteroatoms. The Kier molecular flexibility index (Phi) is 5.02. The zero-order valence-corrected chi connectivity index (χ0v) is 16.3. The highest BCUT2D eigenvalue weighted by molar-refractivity contribution is 5.86. The van der Waals surface area contributed by atoms with Gasteiger partial charge in [0.05, 0.1) is 17.1 Å². The fourth-order valence-corrected chi connectivity index (χ4v) is 3.31. The van der Waals surface area contributed by atoms with Gasteiger partial charge in [-0.15, -0.1) is 0 Å². The molecule has 1 aliphatic rings. The highest BCUT2D eigenvalue weighted by atomic mass is 16.6. The number of hydrogen-bond acceptors (Lipinski definition) is 6. The quantitative estimate of drug-likeness (QED) is 0.640. The van der Waals surface area contributed by atoms with Gasteiger partial charge in [0, 0.05) is 36.1 Å². The van der Waals surface area contributed by atoms with E-state index in [1.54, 1.807) is 6.07 Å². The van der Waals surface area contributed by atoms with Crippen molar-refractivity contribution in [1.82, 2.24) is 19.7 Å². The van der Waals surface area contributed by atoms with Crippen molar-refractivity contribution in [1.29, 1.82) is 0 Å². The minimum atomic E-state index is -1.09. The van der Waals surface area contributed by atoms with Crippen molar-refractivity contribution in [3.05, 3.63) is 53.2 Å². The first-order valence-electron chi connectivity index (χ1n) is 9.42. The number of rotatable bonds is 6. The molecule has 1 atom stereocenters. The number of benzene rings is 1. The standard InChI is InChI=1S/C21H24N4O3/c1-4-22-7-8-27-16-6-5-15-9-17(21(26)28-19(15)10-16)18-12-25-11-13(2)23-14(3)20(25)24-18/h5-6,9-12,21-22,26H,4,7-8H2,1-3H3. The first-order chi connectivity index (χ1) is 13.5. The van der Waals surface area contributed by atoms with Crippen molar-refractivity contribution in [2.45, 2.75) is 27.1 Å². The Balaban J connectivity index is 1.62. The van der Waals surface area contributed by atoms with Gasteiger partial charge in [-0.3, -0.25) is 4.98 Å². The Morgan fingerprint density at radius 1 is 1.25 bits per heavy atom. The molecule has 0 spiro atoms. The molecule has 0 aliphatic carbocycles. The van der Waals surface area contributed by atoms with Gasteiger partial charge < -0.3 is 24.3 Å². The number of aliphatic hydroxyl groups excluding tert-OH is 1. The van der Waals surface area contributed by atoms with Crippen LogP contribution in [0.15, 0.2) is 30.6 Å². The summed E-state index contributed by atoms with van der Waals surface area (Å²) in [7, 11) is 0. The molecule has 0 radical (unpaired) electrons. The van der Waals surface area contributed by atoms with Gasteiger partial charge in [0.25, 0.3) is 0 Å². The number of likely N-dealkylation sites (N-methyl/N-ethyl adjacent to an activating group) is 1. The molecule has 4 rings (SSSR count). The van der Waals surface area contributed by atoms with Crippen LogP contribution < -0.4 is 14.8 Å². The summed E-state index contributed by atoms with van der Waals surface area (Å²) in [5.74, 6) is 1.31. The Labute approximate surface area is 163 Å². The predicted octanol–water partition coefficient (Wildman–Crippen LogP) is 2.59. The van der Waals surface area contributed by atoms with Crippen molar-refractivity contribution in [2.75, 3.05) is 19.7 Å². The number of ether oxygens (including phenoxy) is 2. The SMILES string of the molecule is CCNCCOc1ccc2c(c1)OC(O)C(c1cn3cc(C)nc(C)c3n1)=C2. The van der Waals surface area contributed by atoms with E-state index >= 15 is 0 Å². The minimum absolute atomic E-state index is 0.574. The fraction of sp³-hybridized carbons (Fsp3) is 0.333. The van der Waals surface area contributed by atoms with Crippen molar-refractivity contribution < 1.29 is 14.6 Å². The largest absolute Gasteiger partial charge is 0.492 e. The molecule has 146 valence electrons. The molecule has 0 amide bonds. The van der Waals surface area contributed by atoms with Crippen molar-refractivity contribution in [2.24, 2.45) is 0 Å². The summed E-state index contributed by atoms with van der Waals surface area (Å²) in [5, 5.41) is 13.8. The maximum atomic E-state index is 10.5. The van der Waals surface area contributed by atoms with Gasteiger partial charge in [0.1, 0.15) is 18.1 Å². The summed E-state index contributed by atoms with van der Waals surface area (Å²) in [4.78, 5) is 9.08. The average molecular weight is 380 g/mol. The van der Waals surface area contributed by atoms with Crippen LogP contribution in [0.2, 0.25) is 0 Å². The third-order valence-corrected chi connectivity index (χ3v) is 4.62. The molecule has 0 fully saturated rings. The molecule has 3 aromatic rings. The lowest BCUT2D eigenvalue weighted by atomic mass is 10.0. The number of fused-ring (bicyclic) bond motifs is 2. The number of aliphatic hydroxyl groups is 1. The lowest BCUT2D eigenvalue weighted by molar-refractivity contribution is 0.0316. The van der Waals surface area contributed by atoms with Crippen LogP contribution in [0.3, 0.4) is 0 Å². The van der Waals surface area contributed by atoms with E-state index in [9.17, 15) is 5.11 Å². The molecule has 7 nitrogen and oxygen atoms in total. The van der Waals surface area contributed by atoms with E-state index < -0.39 is 6.29 Å². The smallest absolute Gasteiger partial charge is 0.226 e.